The summed E-state index contributed by atoms with van der Waals surface area (Å²) in [7, 11) is 0. The fourth-order valence-electron chi connectivity index (χ4n) is 1.42. The van der Waals surface area contributed by atoms with E-state index in [1.165, 1.54) is 37.8 Å². The van der Waals surface area contributed by atoms with Gasteiger partial charge in [-0.1, -0.05) is 5.57 Å². The summed E-state index contributed by atoms with van der Waals surface area (Å²) in [5.74, 6) is 0. The smallest absolute Gasteiger partial charge is 0.00705 e. The van der Waals surface area contributed by atoms with E-state index in [-0.39, 0.29) is 0 Å². The monoisotopic (exact) mass is 139 g/mol. The van der Waals surface area contributed by atoms with Crippen LogP contribution in [-0.4, -0.2) is 12.6 Å². The van der Waals surface area contributed by atoms with Crippen molar-refractivity contribution < 1.29 is 0 Å². The highest BCUT2D eigenvalue weighted by Gasteiger charge is 2.12. The topological polar surface area (TPSA) is 12.0 Å². The summed E-state index contributed by atoms with van der Waals surface area (Å²) in [6.45, 7) is 7.22. The van der Waals surface area contributed by atoms with Crippen LogP contribution in [0, 0.1) is 0 Å². The van der Waals surface area contributed by atoms with E-state index in [9.17, 15) is 0 Å². The summed E-state index contributed by atoms with van der Waals surface area (Å²) in [4.78, 5) is 0. The minimum atomic E-state index is 0.789. The second-order valence-electron chi connectivity index (χ2n) is 3.29. The minimum absolute atomic E-state index is 0.789. The number of hydrogen-bond donors (Lipinski definition) is 1. The van der Waals surface area contributed by atoms with Crippen molar-refractivity contribution in [2.45, 2.75) is 38.6 Å². The van der Waals surface area contributed by atoms with E-state index in [1.807, 2.05) is 0 Å². The molecule has 0 aromatic heterocycles. The molecule has 1 rings (SSSR count). The van der Waals surface area contributed by atoms with E-state index in [0.717, 1.165) is 6.04 Å². The van der Waals surface area contributed by atoms with Crippen LogP contribution >= 0.6 is 0 Å². The van der Waals surface area contributed by atoms with Crippen molar-refractivity contribution in [3.05, 3.63) is 12.2 Å². The molecule has 0 aromatic carbocycles. The van der Waals surface area contributed by atoms with Crippen molar-refractivity contribution in [3.8, 4) is 0 Å². The van der Waals surface area contributed by atoms with E-state index in [2.05, 4.69) is 18.8 Å². The first-order chi connectivity index (χ1) is 4.79. The third-order valence-electron chi connectivity index (χ3n) is 2.08. The van der Waals surface area contributed by atoms with Crippen LogP contribution in [0.1, 0.15) is 32.6 Å². The molecular formula is C9H17N. The average molecular weight is 139 g/mol. The van der Waals surface area contributed by atoms with Gasteiger partial charge in [0, 0.05) is 6.04 Å². The molecular weight excluding hydrogens is 122 g/mol. The van der Waals surface area contributed by atoms with Gasteiger partial charge in [-0.25, -0.2) is 0 Å². The number of rotatable bonds is 3. The fraction of sp³-hybridized carbons (Fsp3) is 0.778. The number of allylic oxidation sites excluding steroid dienone is 1. The van der Waals surface area contributed by atoms with Gasteiger partial charge in [-0.15, -0.1) is 6.58 Å². The highest BCUT2D eigenvalue weighted by Crippen LogP contribution is 2.12. The van der Waals surface area contributed by atoms with Crippen molar-refractivity contribution in [2.75, 3.05) is 6.54 Å². The van der Waals surface area contributed by atoms with E-state index >= 15 is 0 Å². The Morgan fingerprint density at radius 2 is 2.50 bits per heavy atom. The van der Waals surface area contributed by atoms with E-state index in [0.29, 0.717) is 0 Å². The molecule has 0 spiro atoms. The third kappa shape index (κ3) is 2.53. The van der Waals surface area contributed by atoms with Crippen LogP contribution in [0.2, 0.25) is 0 Å². The van der Waals surface area contributed by atoms with Gasteiger partial charge in [0.25, 0.3) is 0 Å². The molecule has 1 aliphatic rings. The lowest BCUT2D eigenvalue weighted by atomic mass is 10.1. The maximum absolute atomic E-state index is 3.89. The van der Waals surface area contributed by atoms with Crippen molar-refractivity contribution in [1.29, 1.82) is 0 Å². The summed E-state index contributed by atoms with van der Waals surface area (Å²) in [5, 5.41) is 3.47. The van der Waals surface area contributed by atoms with Gasteiger partial charge in [-0.3, -0.25) is 0 Å². The van der Waals surface area contributed by atoms with Crippen LogP contribution in [0.25, 0.3) is 0 Å². The fourth-order valence-corrected chi connectivity index (χ4v) is 1.42. The molecule has 1 saturated heterocycles. The molecule has 0 radical (unpaired) electrons. The first-order valence-corrected chi connectivity index (χ1v) is 4.17. The molecule has 10 heavy (non-hydrogen) atoms. The molecule has 1 N–H and O–H groups in total. The molecule has 0 bridgehead atoms. The van der Waals surface area contributed by atoms with Gasteiger partial charge in [0.15, 0.2) is 0 Å². The molecule has 0 aromatic rings. The Morgan fingerprint density at radius 1 is 1.70 bits per heavy atom. The second-order valence-corrected chi connectivity index (χ2v) is 3.29. The SMILES string of the molecule is C=C(C)CCC1CCCN1. The molecule has 1 fully saturated rings. The van der Waals surface area contributed by atoms with E-state index < -0.39 is 0 Å². The number of hydrogen-bond acceptors (Lipinski definition) is 1. The highest BCUT2D eigenvalue weighted by molar-refractivity contribution is 4.90. The Labute approximate surface area is 63.5 Å². The van der Waals surface area contributed by atoms with Gasteiger partial charge in [0.05, 0.1) is 0 Å². The van der Waals surface area contributed by atoms with E-state index in [4.69, 9.17) is 0 Å². The zero-order valence-corrected chi connectivity index (χ0v) is 6.82. The van der Waals surface area contributed by atoms with Gasteiger partial charge in [-0.2, -0.15) is 0 Å². The molecule has 0 aliphatic carbocycles. The first-order valence-electron chi connectivity index (χ1n) is 4.17. The zero-order chi connectivity index (χ0) is 7.40. The Morgan fingerprint density at radius 3 is 3.00 bits per heavy atom. The Bertz CT molecular complexity index is 112. The van der Waals surface area contributed by atoms with Crippen LogP contribution in [0.3, 0.4) is 0 Å². The van der Waals surface area contributed by atoms with Gasteiger partial charge >= 0.3 is 0 Å². The lowest BCUT2D eigenvalue weighted by molar-refractivity contribution is 0.558. The summed E-state index contributed by atoms with van der Waals surface area (Å²) >= 11 is 0. The van der Waals surface area contributed by atoms with Gasteiger partial charge in [0.1, 0.15) is 0 Å². The maximum atomic E-state index is 3.89. The third-order valence-corrected chi connectivity index (χ3v) is 2.08. The summed E-state index contributed by atoms with van der Waals surface area (Å²) < 4.78 is 0. The summed E-state index contributed by atoms with van der Waals surface area (Å²) in [5.41, 5.74) is 1.31. The predicted octanol–water partition coefficient (Wildman–Crippen LogP) is 2.09. The molecule has 58 valence electrons. The Kier molecular flexibility index (Phi) is 2.94. The molecule has 1 unspecified atom stereocenters. The van der Waals surface area contributed by atoms with E-state index in [1.54, 1.807) is 0 Å². The Balaban J connectivity index is 2.07. The quantitative estimate of drug-likeness (QED) is 0.590. The molecule has 1 aliphatic heterocycles. The van der Waals surface area contributed by atoms with Crippen LogP contribution in [-0.2, 0) is 0 Å². The van der Waals surface area contributed by atoms with Crippen LogP contribution in [0.4, 0.5) is 0 Å². The van der Waals surface area contributed by atoms with Gasteiger partial charge < -0.3 is 5.32 Å². The van der Waals surface area contributed by atoms with Crippen LogP contribution in [0.5, 0.6) is 0 Å². The molecule has 1 heteroatoms. The molecule has 1 heterocycles. The standard InChI is InChI=1S/C9H17N/c1-8(2)5-6-9-4-3-7-10-9/h9-10H,1,3-7H2,2H3. The second kappa shape index (κ2) is 3.77. The van der Waals surface area contributed by atoms with Crippen molar-refractivity contribution in [1.82, 2.24) is 5.32 Å². The zero-order valence-electron chi connectivity index (χ0n) is 6.82. The molecule has 0 saturated carbocycles. The largest absolute Gasteiger partial charge is 0.314 e. The summed E-state index contributed by atoms with van der Waals surface area (Å²) in [6, 6.07) is 0.789. The lowest BCUT2D eigenvalue weighted by Crippen LogP contribution is -2.20. The molecule has 1 atom stereocenters. The van der Waals surface area contributed by atoms with Crippen LogP contribution in [0.15, 0.2) is 12.2 Å². The van der Waals surface area contributed by atoms with Crippen molar-refractivity contribution in [2.24, 2.45) is 0 Å². The van der Waals surface area contributed by atoms with Gasteiger partial charge in [-0.05, 0) is 39.2 Å². The highest BCUT2D eigenvalue weighted by atomic mass is 14.9. The number of nitrogens with one attached hydrogen (secondary N) is 1. The van der Waals surface area contributed by atoms with Crippen LogP contribution < -0.4 is 5.32 Å². The molecule has 1 nitrogen and oxygen atoms in total. The normalized spacial score (nSPS) is 25.1. The maximum Gasteiger partial charge on any atom is 0.00705 e. The minimum Gasteiger partial charge on any atom is -0.314 e. The summed E-state index contributed by atoms with van der Waals surface area (Å²) in [6.07, 6.45) is 5.21. The molecule has 0 amide bonds. The van der Waals surface area contributed by atoms with Crippen molar-refractivity contribution >= 4 is 0 Å². The lowest BCUT2D eigenvalue weighted by Gasteiger charge is -2.08. The Hall–Kier alpha value is -0.300. The predicted molar refractivity (Wildman–Crippen MR) is 45.1 cm³/mol. The average Bonchev–Trinajstić information content (AvgIpc) is 2.34. The van der Waals surface area contributed by atoms with Crippen molar-refractivity contribution in [3.63, 3.8) is 0 Å². The first kappa shape index (κ1) is 7.80. The van der Waals surface area contributed by atoms with Gasteiger partial charge in [0.2, 0.25) is 0 Å².